The minimum atomic E-state index is -1.95. The maximum absolute atomic E-state index is 16.4. The first-order chi connectivity index (χ1) is 57.6. The molecule has 0 N–H and O–H groups in total. The first-order valence-corrected chi connectivity index (χ1v) is 40.2. The predicted octanol–water partition coefficient (Wildman–Crippen LogP) is 20.6. The van der Waals surface area contributed by atoms with Gasteiger partial charge in [0.05, 0.1) is 30.4 Å². The predicted molar refractivity (Wildman–Crippen MR) is 454 cm³/mol. The zero-order valence-electron chi connectivity index (χ0n) is 63.3. The highest BCUT2D eigenvalue weighted by molar-refractivity contribution is 14.1. The maximum atomic E-state index is 16.4. The van der Waals surface area contributed by atoms with Crippen molar-refractivity contribution in [3.8, 4) is 51.7 Å². The molecule has 0 radical (unpaired) electrons. The van der Waals surface area contributed by atoms with E-state index in [1.807, 2.05) is 326 Å². The molecule has 0 unspecified atom stereocenters. The molecule has 2 aliphatic rings. The van der Waals surface area contributed by atoms with Gasteiger partial charge < -0.3 is 71.1 Å². The third-order valence-corrected chi connectivity index (χ3v) is 21.3. The fourth-order valence-corrected chi connectivity index (χ4v) is 14.7. The number of halogens is 2. The Morgan fingerprint density at radius 1 is 0.291 bits per heavy atom. The van der Waals surface area contributed by atoms with Crippen molar-refractivity contribution < 1.29 is 85.4 Å². The normalized spacial score (nSPS) is 16.1. The van der Waals surface area contributed by atoms with E-state index in [9.17, 15) is 0 Å². The Labute approximate surface area is 705 Å². The molecule has 590 valence electrons. The summed E-state index contributed by atoms with van der Waals surface area (Å²) in [5, 5.41) is 0. The number of rotatable bonds is 34. The largest absolute Gasteiger partial charge is 0.485 e. The van der Waals surface area contributed by atoms with Crippen LogP contribution in [0.5, 0.6) is 51.7 Å². The standard InChI is InChI=1S/C97H80I2O18/c98-83-76(53-80(105-57-67-35-15-3-16-36-67)86(108-60-70-41-21-6-22-42-70)89(83)110-62-72-45-25-8-26-46-72)94(101)114-91-88-82(64-112-96(116-88)74-49-29-10-30-50-74)113-97(117-93(100)75-51-78(103-55-65-31-11-1-12-32-65)85(107-59-69-39-19-5-20-40-69)79(52-75)104-56-66-33-13-2-14-34-66)92(91)115-95(102)77-54-81(106-58-68-37-17-4-18-38-68)87(109-61-71-43-23-7-24-44-71)90(84(77)99)111-63-73-47-27-9-28-48-73/h1-54,82,88,91-92,96-97H,55-64H2/t82-,88-,91+,92-,96-,97-/m1/s1. The minimum absolute atomic E-state index is 0.0296. The maximum Gasteiger partial charge on any atom is 0.340 e. The summed E-state index contributed by atoms with van der Waals surface area (Å²) in [7, 11) is 0. The first-order valence-electron chi connectivity index (χ1n) is 38.1. The zero-order chi connectivity index (χ0) is 79.9. The Hall–Kier alpha value is -12.2. The van der Waals surface area contributed by atoms with Crippen LogP contribution in [-0.2, 0) is 87.9 Å². The van der Waals surface area contributed by atoms with Gasteiger partial charge in [-0.1, -0.05) is 303 Å². The number of hydrogen-bond acceptors (Lipinski definition) is 18. The van der Waals surface area contributed by atoms with Gasteiger partial charge in [0, 0.05) is 5.56 Å². The highest BCUT2D eigenvalue weighted by atomic mass is 127. The van der Waals surface area contributed by atoms with E-state index in [1.165, 1.54) is 24.3 Å². The summed E-state index contributed by atoms with van der Waals surface area (Å²) in [5.41, 5.74) is 7.78. The molecule has 2 fully saturated rings. The van der Waals surface area contributed by atoms with E-state index in [0.29, 0.717) is 5.56 Å². The summed E-state index contributed by atoms with van der Waals surface area (Å²) >= 11 is 4.10. The number of benzene rings is 13. The van der Waals surface area contributed by atoms with Gasteiger partial charge in [-0.05, 0) is 120 Å². The quantitative estimate of drug-likeness (QED) is 0.0210. The van der Waals surface area contributed by atoms with E-state index < -0.39 is 54.9 Å². The highest BCUT2D eigenvalue weighted by Crippen LogP contribution is 2.49. The Bertz CT molecular complexity index is 5340. The van der Waals surface area contributed by atoms with Gasteiger partial charge in [-0.2, -0.15) is 0 Å². The number of fused-ring (bicyclic) bond motifs is 1. The van der Waals surface area contributed by atoms with Crippen LogP contribution in [0.3, 0.4) is 0 Å². The van der Waals surface area contributed by atoms with Gasteiger partial charge in [0.2, 0.25) is 29.6 Å². The van der Waals surface area contributed by atoms with Crippen LogP contribution >= 0.6 is 45.2 Å². The lowest BCUT2D eigenvalue weighted by molar-refractivity contribution is -0.351. The molecule has 0 aliphatic carbocycles. The van der Waals surface area contributed by atoms with Crippen LogP contribution in [0.1, 0.15) is 93.0 Å². The molecule has 18 nitrogen and oxygen atoms in total. The van der Waals surface area contributed by atoms with Gasteiger partial charge in [-0.3, -0.25) is 0 Å². The number of esters is 3. The van der Waals surface area contributed by atoms with E-state index in [2.05, 4.69) is 22.6 Å². The number of carbonyl (C=O) groups is 3. The Kier molecular flexibility index (Phi) is 27.3. The fourth-order valence-electron chi connectivity index (χ4n) is 13.1. The smallest absolute Gasteiger partial charge is 0.340 e. The summed E-state index contributed by atoms with van der Waals surface area (Å²) in [6, 6.07) is 101. The summed E-state index contributed by atoms with van der Waals surface area (Å²) in [6.07, 6.45) is -9.27. The molecule has 15 rings (SSSR count). The molecule has 2 heterocycles. The van der Waals surface area contributed by atoms with Crippen LogP contribution in [-0.4, -0.2) is 55.2 Å². The van der Waals surface area contributed by atoms with Gasteiger partial charge in [0.25, 0.3) is 0 Å². The lowest BCUT2D eigenvalue weighted by Gasteiger charge is -2.47. The topological polar surface area (TPSA) is 190 Å². The second kappa shape index (κ2) is 39.9. The molecular weight excluding hydrogens is 1710 g/mol. The minimum Gasteiger partial charge on any atom is -0.485 e. The molecule has 0 saturated carbocycles. The van der Waals surface area contributed by atoms with Gasteiger partial charge in [0.15, 0.2) is 46.9 Å². The summed E-state index contributed by atoms with van der Waals surface area (Å²) in [5.74, 6) is -1.62. The lowest BCUT2D eigenvalue weighted by atomic mass is 9.96. The van der Waals surface area contributed by atoms with Crippen molar-refractivity contribution in [3.63, 3.8) is 0 Å². The van der Waals surface area contributed by atoms with Crippen molar-refractivity contribution in [1.82, 2.24) is 0 Å². The molecule has 2 saturated heterocycles. The van der Waals surface area contributed by atoms with Crippen LogP contribution < -0.4 is 42.6 Å². The molecular formula is C97H80I2O18. The summed E-state index contributed by atoms with van der Waals surface area (Å²) in [6.45, 7) is 0.271. The zero-order valence-corrected chi connectivity index (χ0v) is 67.6. The van der Waals surface area contributed by atoms with Crippen LogP contribution in [0, 0.1) is 7.14 Å². The molecule has 13 aromatic carbocycles. The van der Waals surface area contributed by atoms with Gasteiger partial charge in [0.1, 0.15) is 71.7 Å². The highest BCUT2D eigenvalue weighted by Gasteiger charge is 2.56. The molecule has 117 heavy (non-hydrogen) atoms. The Morgan fingerprint density at radius 2 is 0.564 bits per heavy atom. The lowest BCUT2D eigenvalue weighted by Crippen LogP contribution is -2.64. The van der Waals surface area contributed by atoms with Gasteiger partial charge >= 0.3 is 17.9 Å². The second-order valence-electron chi connectivity index (χ2n) is 27.4. The molecule has 0 amide bonds. The van der Waals surface area contributed by atoms with Gasteiger partial charge in [-0.25, -0.2) is 14.4 Å². The SMILES string of the molecule is O=C(O[C@H]1O[C@@H]2CO[C@@H](c3ccccc3)O[C@H]2[C@H](OC(=O)c2cc(OCc3ccccc3)c(OCc3ccccc3)c(OCc3ccccc3)c2I)[C@H]1OC(=O)c1cc(OCc2ccccc2)c(OCc2ccccc2)c(OCc2ccccc2)c1I)c1cc(OCc2ccccc2)c(OCc2ccccc2)c(OCc2ccccc2)c1. The van der Waals surface area contributed by atoms with E-state index in [4.69, 9.17) is 71.1 Å². The number of hydrogen-bond donors (Lipinski definition) is 0. The van der Waals surface area contributed by atoms with Crippen LogP contribution in [0.2, 0.25) is 0 Å². The van der Waals surface area contributed by atoms with E-state index in [0.717, 1.165) is 50.1 Å². The second-order valence-corrected chi connectivity index (χ2v) is 29.6. The third-order valence-electron chi connectivity index (χ3n) is 19.1. The molecule has 20 heteroatoms. The van der Waals surface area contributed by atoms with Crippen molar-refractivity contribution in [1.29, 1.82) is 0 Å². The molecule has 6 atom stereocenters. The summed E-state index contributed by atoms with van der Waals surface area (Å²) < 4.78 is 102. The van der Waals surface area contributed by atoms with E-state index >= 15 is 14.4 Å². The molecule has 0 aromatic heterocycles. The third kappa shape index (κ3) is 21.1. The van der Waals surface area contributed by atoms with Crippen LogP contribution in [0.25, 0.3) is 0 Å². The average Bonchev–Trinajstić information content (AvgIpc) is 0.755. The molecule has 0 bridgehead atoms. The van der Waals surface area contributed by atoms with Crippen LogP contribution in [0.15, 0.2) is 328 Å². The molecule has 13 aromatic rings. The fraction of sp³-hybridized carbons (Fsp3) is 0.165. The van der Waals surface area contributed by atoms with E-state index in [1.54, 1.807) is 0 Å². The summed E-state index contributed by atoms with van der Waals surface area (Å²) in [4.78, 5) is 48.9. The van der Waals surface area contributed by atoms with Crippen molar-refractivity contribution in [3.05, 3.63) is 407 Å². The van der Waals surface area contributed by atoms with Crippen LogP contribution in [0.4, 0.5) is 0 Å². The number of ether oxygens (including phenoxy) is 15. The van der Waals surface area contributed by atoms with Crippen molar-refractivity contribution >= 4 is 63.1 Å². The Balaban J connectivity index is 0.878. The molecule has 2 aliphatic heterocycles. The monoisotopic (exact) mass is 1790 g/mol. The average molecular weight is 1790 g/mol. The number of carbonyl (C=O) groups excluding carboxylic acids is 3. The van der Waals surface area contributed by atoms with Crippen molar-refractivity contribution in [2.45, 2.75) is 96.5 Å². The van der Waals surface area contributed by atoms with Gasteiger partial charge in [-0.15, -0.1) is 0 Å². The molecule has 0 spiro atoms. The Morgan fingerprint density at radius 3 is 0.889 bits per heavy atom. The van der Waals surface area contributed by atoms with Crippen molar-refractivity contribution in [2.75, 3.05) is 6.61 Å². The van der Waals surface area contributed by atoms with E-state index in [-0.39, 0.29) is 142 Å². The first kappa shape index (κ1) is 80.0. The van der Waals surface area contributed by atoms with Crippen molar-refractivity contribution in [2.24, 2.45) is 0 Å².